The second-order valence-corrected chi connectivity index (χ2v) is 9.43. The van der Waals surface area contributed by atoms with Gasteiger partial charge in [-0.05, 0) is 25.3 Å². The van der Waals surface area contributed by atoms with Gasteiger partial charge in [0, 0.05) is 6.54 Å². The minimum atomic E-state index is -1.52. The maximum Gasteiger partial charge on any atom is 0.163 e. The number of aliphatic hydroxyl groups is 2. The molecule has 0 fully saturated rings. The van der Waals surface area contributed by atoms with Gasteiger partial charge in [-0.3, -0.25) is 0 Å². The summed E-state index contributed by atoms with van der Waals surface area (Å²) in [6.45, 7) is 4.78. The molecule has 0 saturated carbocycles. The van der Waals surface area contributed by atoms with Gasteiger partial charge in [0.2, 0.25) is 0 Å². The monoisotopic (exact) mass is 428 g/mol. The molecule has 0 radical (unpaired) electrons. The highest BCUT2D eigenvalue weighted by Gasteiger charge is 2.11. The van der Waals surface area contributed by atoms with E-state index < -0.39 is 6.29 Å². The van der Waals surface area contributed by atoms with E-state index in [0.717, 1.165) is 17.9 Å². The highest BCUT2D eigenvalue weighted by molar-refractivity contribution is 4.68. The molecule has 0 aliphatic carbocycles. The predicted octanol–water partition coefficient (Wildman–Crippen LogP) is 7.55. The van der Waals surface area contributed by atoms with Crippen LogP contribution in [0.2, 0.25) is 0 Å². The van der Waals surface area contributed by atoms with E-state index in [1.807, 2.05) is 0 Å². The third kappa shape index (κ3) is 22.5. The van der Waals surface area contributed by atoms with Crippen LogP contribution in [0.5, 0.6) is 0 Å². The van der Waals surface area contributed by atoms with Crippen molar-refractivity contribution < 1.29 is 10.2 Å². The largest absolute Gasteiger partial charge is 0.785 e. The van der Waals surface area contributed by atoms with Crippen LogP contribution in [0.25, 0.3) is 0 Å². The van der Waals surface area contributed by atoms with Crippen molar-refractivity contribution in [3.8, 4) is 0 Å². The van der Waals surface area contributed by atoms with Gasteiger partial charge >= 0.3 is 0 Å². The zero-order chi connectivity index (χ0) is 22.3. The van der Waals surface area contributed by atoms with E-state index in [4.69, 9.17) is 10.2 Å². The number of aliphatic hydroxyl groups excluding tert-OH is 1. The van der Waals surface area contributed by atoms with Crippen LogP contribution >= 0.6 is 0 Å². The summed E-state index contributed by atoms with van der Waals surface area (Å²) >= 11 is 0. The maximum atomic E-state index is 12.0. The fourth-order valence-electron chi connectivity index (χ4n) is 4.36. The van der Waals surface area contributed by atoms with Crippen LogP contribution in [-0.4, -0.2) is 34.7 Å². The van der Waals surface area contributed by atoms with Crippen LogP contribution in [0, 0.1) is 11.1 Å². The van der Waals surface area contributed by atoms with Crippen LogP contribution in [-0.2, 0) is 0 Å². The fourth-order valence-corrected chi connectivity index (χ4v) is 4.36. The number of nitrogens with zero attached hydrogens (tertiary/aromatic N) is 1. The van der Waals surface area contributed by atoms with E-state index in [-0.39, 0.29) is 6.54 Å². The second-order valence-electron chi connectivity index (χ2n) is 9.43. The quantitative estimate of drug-likeness (QED) is 0.0945. The van der Waals surface area contributed by atoms with Crippen molar-refractivity contribution >= 4 is 0 Å². The van der Waals surface area contributed by atoms with Gasteiger partial charge in [0.25, 0.3) is 0 Å². The second kappa shape index (κ2) is 23.5. The van der Waals surface area contributed by atoms with Crippen molar-refractivity contribution in [1.82, 2.24) is 5.06 Å². The lowest BCUT2D eigenvalue weighted by Gasteiger charge is -2.33. The van der Waals surface area contributed by atoms with Gasteiger partial charge < -0.3 is 20.5 Å². The van der Waals surface area contributed by atoms with Gasteiger partial charge in [0.1, 0.15) is 0 Å². The Morgan fingerprint density at radius 3 is 1.20 bits per heavy atom. The van der Waals surface area contributed by atoms with Crippen molar-refractivity contribution in [3.05, 3.63) is 5.21 Å². The predicted molar refractivity (Wildman–Crippen MR) is 130 cm³/mol. The van der Waals surface area contributed by atoms with Gasteiger partial charge in [-0.2, -0.15) is 0 Å². The van der Waals surface area contributed by atoms with Crippen LogP contribution < -0.4 is 0 Å². The molecule has 0 amide bonds. The molecule has 0 aliphatic rings. The lowest BCUT2D eigenvalue weighted by Crippen LogP contribution is -2.31. The van der Waals surface area contributed by atoms with E-state index in [1.165, 1.54) is 116 Å². The van der Waals surface area contributed by atoms with E-state index >= 15 is 0 Å². The summed E-state index contributed by atoms with van der Waals surface area (Å²) < 4.78 is 0. The minimum absolute atomic E-state index is 0.189. The zero-order valence-corrected chi connectivity index (χ0v) is 20.5. The number of rotatable bonds is 24. The molecule has 1 atom stereocenters. The van der Waals surface area contributed by atoms with E-state index in [0.29, 0.717) is 12.5 Å². The third-order valence-corrected chi connectivity index (χ3v) is 6.26. The standard InChI is InChI=1S/C26H54NO3/c1-3-5-7-9-11-13-14-16-18-20-22-25(23-27(30)24-26(28)29)21-19-17-15-12-10-8-6-4-2/h25-26,28-29H,3-24H2,1-2H3/q-1. The Morgan fingerprint density at radius 1 is 0.533 bits per heavy atom. The number of hydroxylamine groups is 2. The molecule has 0 aromatic rings. The number of unbranched alkanes of at least 4 members (excludes halogenated alkanes) is 16. The van der Waals surface area contributed by atoms with E-state index in [1.54, 1.807) is 0 Å². The molecule has 0 aromatic carbocycles. The first-order valence-electron chi connectivity index (χ1n) is 13.4. The maximum absolute atomic E-state index is 12.0. The Hall–Kier alpha value is -0.160. The van der Waals surface area contributed by atoms with Crippen molar-refractivity contribution in [1.29, 1.82) is 0 Å². The zero-order valence-electron chi connectivity index (χ0n) is 20.5. The van der Waals surface area contributed by atoms with Crippen molar-refractivity contribution in [2.45, 2.75) is 149 Å². The molecule has 4 nitrogen and oxygen atoms in total. The minimum Gasteiger partial charge on any atom is -0.785 e. The third-order valence-electron chi connectivity index (χ3n) is 6.26. The molecule has 2 N–H and O–H groups in total. The molecule has 182 valence electrons. The normalized spacial score (nSPS) is 12.9. The van der Waals surface area contributed by atoms with Gasteiger partial charge in [0.15, 0.2) is 6.29 Å². The molecule has 1 unspecified atom stereocenters. The van der Waals surface area contributed by atoms with E-state index in [9.17, 15) is 5.21 Å². The molecule has 0 spiro atoms. The molecule has 0 heterocycles. The van der Waals surface area contributed by atoms with Crippen molar-refractivity contribution in [2.75, 3.05) is 13.1 Å². The van der Waals surface area contributed by atoms with E-state index in [2.05, 4.69) is 13.8 Å². The first-order valence-corrected chi connectivity index (χ1v) is 13.4. The number of hydrogen-bond donors (Lipinski definition) is 2. The molecule has 0 aliphatic heterocycles. The van der Waals surface area contributed by atoms with Gasteiger partial charge in [-0.25, -0.2) is 0 Å². The fraction of sp³-hybridized carbons (Fsp3) is 1.00. The average molecular weight is 429 g/mol. The molecular weight excluding hydrogens is 374 g/mol. The Morgan fingerprint density at radius 2 is 0.867 bits per heavy atom. The van der Waals surface area contributed by atoms with Gasteiger partial charge in [-0.15, -0.1) is 0 Å². The lowest BCUT2D eigenvalue weighted by molar-refractivity contribution is -0.0558. The molecule has 0 rings (SSSR count). The summed E-state index contributed by atoms with van der Waals surface area (Å²) in [5.74, 6) is 0.399. The van der Waals surface area contributed by atoms with Crippen LogP contribution in [0.3, 0.4) is 0 Å². The first kappa shape index (κ1) is 29.8. The summed E-state index contributed by atoms with van der Waals surface area (Å²) in [6, 6.07) is 0. The van der Waals surface area contributed by atoms with Crippen molar-refractivity contribution in [2.24, 2.45) is 5.92 Å². The molecule has 30 heavy (non-hydrogen) atoms. The Bertz CT molecular complexity index is 325. The molecule has 0 bridgehead atoms. The summed E-state index contributed by atoms with van der Waals surface area (Å²) in [5, 5.41) is 30.9. The molecule has 0 saturated heterocycles. The lowest BCUT2D eigenvalue weighted by atomic mass is 9.93. The highest BCUT2D eigenvalue weighted by Crippen LogP contribution is 2.21. The number of hydrogen-bond acceptors (Lipinski definition) is 4. The average Bonchev–Trinajstić information content (AvgIpc) is 2.70. The van der Waals surface area contributed by atoms with Crippen molar-refractivity contribution in [3.63, 3.8) is 0 Å². The Kier molecular flexibility index (Phi) is 23.4. The topological polar surface area (TPSA) is 66.8 Å². The van der Waals surface area contributed by atoms with Crippen LogP contribution in [0.1, 0.15) is 142 Å². The SMILES string of the molecule is CCCCCCCCCCCCC(CCCCCCCCCC)CN([O-])CC(O)O. The summed E-state index contributed by atoms with van der Waals surface area (Å²) in [7, 11) is 0. The Labute approximate surface area is 188 Å². The van der Waals surface area contributed by atoms with Crippen LogP contribution in [0.4, 0.5) is 0 Å². The summed E-state index contributed by atoms with van der Waals surface area (Å²) in [6.07, 6.45) is 24.6. The smallest absolute Gasteiger partial charge is 0.163 e. The summed E-state index contributed by atoms with van der Waals surface area (Å²) in [4.78, 5) is 0. The molecular formula is C26H54NO3-. The van der Waals surface area contributed by atoms with Gasteiger partial charge in [0.05, 0.1) is 0 Å². The first-order chi connectivity index (χ1) is 14.6. The van der Waals surface area contributed by atoms with Gasteiger partial charge in [-0.1, -0.05) is 129 Å². The highest BCUT2D eigenvalue weighted by atomic mass is 16.5. The van der Waals surface area contributed by atoms with Crippen LogP contribution in [0.15, 0.2) is 0 Å². The molecule has 4 heteroatoms. The Balaban J connectivity index is 3.88. The molecule has 0 aromatic heterocycles. The summed E-state index contributed by atoms with van der Waals surface area (Å²) in [5.41, 5.74) is 0.